The SMILES string of the molecule is COc1ccc(-c2cc(CSc3ncc[nH]3)c(-c3ccc(C(=O)O)cc3)s2)cc1OC1CCCC1. The van der Waals surface area contributed by atoms with E-state index in [1.165, 1.54) is 18.4 Å². The van der Waals surface area contributed by atoms with Crippen LogP contribution >= 0.6 is 23.1 Å². The number of aromatic nitrogens is 2. The Hall–Kier alpha value is -3.23. The summed E-state index contributed by atoms with van der Waals surface area (Å²) in [7, 11) is 1.67. The van der Waals surface area contributed by atoms with Crippen molar-refractivity contribution in [3.8, 4) is 32.4 Å². The number of H-pyrrole nitrogens is 1. The number of thioether (sulfide) groups is 1. The van der Waals surface area contributed by atoms with Crippen LogP contribution in [0.15, 0.2) is 66.1 Å². The number of benzene rings is 2. The molecular weight excluding hydrogens is 480 g/mol. The highest BCUT2D eigenvalue weighted by atomic mass is 32.2. The fourth-order valence-electron chi connectivity index (χ4n) is 4.27. The van der Waals surface area contributed by atoms with Crippen molar-refractivity contribution in [3.05, 3.63) is 72.1 Å². The van der Waals surface area contributed by atoms with Gasteiger partial charge in [0.05, 0.1) is 18.8 Å². The molecule has 8 heteroatoms. The molecule has 4 aromatic rings. The molecule has 1 saturated carbocycles. The Morgan fingerprint density at radius 2 is 1.89 bits per heavy atom. The van der Waals surface area contributed by atoms with Gasteiger partial charge in [-0.3, -0.25) is 0 Å². The van der Waals surface area contributed by atoms with E-state index in [2.05, 4.69) is 28.2 Å². The largest absolute Gasteiger partial charge is 0.493 e. The van der Waals surface area contributed by atoms with Gasteiger partial charge in [0.1, 0.15) is 0 Å². The average molecular weight is 507 g/mol. The highest BCUT2D eigenvalue weighted by molar-refractivity contribution is 7.98. The van der Waals surface area contributed by atoms with E-state index in [-0.39, 0.29) is 11.7 Å². The standard InChI is InChI=1S/C27H26N2O4S2/c1-32-22-11-10-19(14-23(22)33-21-4-2-3-5-21)24-15-20(16-34-27-28-12-13-29-27)25(35-24)17-6-8-18(9-7-17)26(30)31/h6-15,21H,2-5,16H2,1H3,(H,28,29)(H,30,31). The zero-order chi connectivity index (χ0) is 24.2. The Morgan fingerprint density at radius 3 is 2.57 bits per heavy atom. The maximum Gasteiger partial charge on any atom is 0.335 e. The smallest absolute Gasteiger partial charge is 0.335 e. The van der Waals surface area contributed by atoms with E-state index in [0.29, 0.717) is 0 Å². The molecule has 0 spiro atoms. The predicted octanol–water partition coefficient (Wildman–Crippen LogP) is 7.13. The van der Waals surface area contributed by atoms with Crippen LogP contribution in [-0.4, -0.2) is 34.3 Å². The zero-order valence-electron chi connectivity index (χ0n) is 19.3. The maximum absolute atomic E-state index is 11.3. The van der Waals surface area contributed by atoms with Gasteiger partial charge in [-0.15, -0.1) is 11.3 Å². The second-order valence-corrected chi connectivity index (χ2v) is 10.4. The van der Waals surface area contributed by atoms with Gasteiger partial charge in [0.25, 0.3) is 0 Å². The first kappa shape index (κ1) is 23.5. The summed E-state index contributed by atoms with van der Waals surface area (Å²) in [5, 5.41) is 10.1. The summed E-state index contributed by atoms with van der Waals surface area (Å²) in [5.74, 6) is 1.34. The summed E-state index contributed by atoms with van der Waals surface area (Å²) in [6.07, 6.45) is 8.38. The van der Waals surface area contributed by atoms with Crippen LogP contribution in [0.25, 0.3) is 20.9 Å². The molecular formula is C27H26N2O4S2. The number of ether oxygens (including phenoxy) is 2. The number of carboxylic acids is 1. The van der Waals surface area contributed by atoms with Gasteiger partial charge in [0, 0.05) is 27.9 Å². The summed E-state index contributed by atoms with van der Waals surface area (Å²) in [6.45, 7) is 0. The molecule has 2 aromatic carbocycles. The predicted molar refractivity (Wildman–Crippen MR) is 140 cm³/mol. The molecule has 180 valence electrons. The van der Waals surface area contributed by atoms with Crippen molar-refractivity contribution in [2.24, 2.45) is 0 Å². The Morgan fingerprint density at radius 1 is 1.11 bits per heavy atom. The molecule has 6 nitrogen and oxygen atoms in total. The minimum atomic E-state index is -0.926. The Labute approximate surface area is 212 Å². The molecule has 2 heterocycles. The van der Waals surface area contributed by atoms with Crippen LogP contribution in [0, 0.1) is 0 Å². The van der Waals surface area contributed by atoms with Crippen molar-refractivity contribution < 1.29 is 19.4 Å². The van der Waals surface area contributed by atoms with Gasteiger partial charge in [-0.2, -0.15) is 0 Å². The van der Waals surface area contributed by atoms with E-state index in [4.69, 9.17) is 9.47 Å². The molecule has 0 amide bonds. The van der Waals surface area contributed by atoms with Gasteiger partial charge in [0.2, 0.25) is 0 Å². The minimum absolute atomic E-state index is 0.242. The number of thiophene rings is 1. The van der Waals surface area contributed by atoms with E-state index in [1.807, 2.05) is 24.4 Å². The molecule has 1 fully saturated rings. The highest BCUT2D eigenvalue weighted by Gasteiger charge is 2.20. The number of aromatic carboxylic acids is 1. The van der Waals surface area contributed by atoms with Crippen molar-refractivity contribution >= 4 is 29.1 Å². The molecule has 5 rings (SSSR count). The van der Waals surface area contributed by atoms with Crippen LogP contribution in [0.5, 0.6) is 11.5 Å². The number of hydrogen-bond donors (Lipinski definition) is 2. The maximum atomic E-state index is 11.3. The van der Waals surface area contributed by atoms with Crippen LogP contribution in [0.4, 0.5) is 0 Å². The molecule has 2 N–H and O–H groups in total. The summed E-state index contributed by atoms with van der Waals surface area (Å²) >= 11 is 3.33. The van der Waals surface area contributed by atoms with E-state index in [1.54, 1.807) is 48.5 Å². The van der Waals surface area contributed by atoms with Crippen LogP contribution in [0.3, 0.4) is 0 Å². The fourth-order valence-corrected chi connectivity index (χ4v) is 6.35. The van der Waals surface area contributed by atoms with Gasteiger partial charge in [0.15, 0.2) is 16.7 Å². The average Bonchev–Trinajstić information content (AvgIpc) is 3.65. The lowest BCUT2D eigenvalue weighted by Crippen LogP contribution is -2.11. The van der Waals surface area contributed by atoms with Crippen molar-refractivity contribution in [2.75, 3.05) is 7.11 Å². The summed E-state index contributed by atoms with van der Waals surface area (Å²) < 4.78 is 11.9. The lowest BCUT2D eigenvalue weighted by Gasteiger charge is -2.16. The number of aromatic amines is 1. The molecule has 0 bridgehead atoms. The number of methoxy groups -OCH3 is 1. The number of nitrogens with zero attached hydrogens (tertiary/aromatic N) is 1. The lowest BCUT2D eigenvalue weighted by atomic mass is 10.1. The normalized spacial score (nSPS) is 13.7. The molecule has 0 saturated heterocycles. The third kappa shape index (κ3) is 5.39. The number of nitrogens with one attached hydrogen (secondary N) is 1. The first-order valence-electron chi connectivity index (χ1n) is 11.5. The first-order chi connectivity index (χ1) is 17.1. The highest BCUT2D eigenvalue weighted by Crippen LogP contribution is 2.43. The molecule has 0 unspecified atom stereocenters. The van der Waals surface area contributed by atoms with Gasteiger partial charge in [-0.05, 0) is 78.8 Å². The van der Waals surface area contributed by atoms with E-state index >= 15 is 0 Å². The molecule has 2 aromatic heterocycles. The molecule has 1 aliphatic rings. The molecule has 0 radical (unpaired) electrons. The quantitative estimate of drug-likeness (QED) is 0.235. The van der Waals surface area contributed by atoms with Crippen molar-refractivity contribution in [1.29, 1.82) is 0 Å². The van der Waals surface area contributed by atoms with Crippen LogP contribution < -0.4 is 9.47 Å². The second-order valence-electron chi connectivity index (χ2n) is 8.42. The number of carboxylic acid groups (broad SMARTS) is 1. The molecule has 0 aliphatic heterocycles. The summed E-state index contributed by atoms with van der Waals surface area (Å²) in [4.78, 5) is 21.0. The molecule has 35 heavy (non-hydrogen) atoms. The number of rotatable bonds is 9. The zero-order valence-corrected chi connectivity index (χ0v) is 21.0. The Bertz CT molecular complexity index is 1290. The van der Waals surface area contributed by atoms with Crippen molar-refractivity contribution in [2.45, 2.75) is 42.7 Å². The van der Waals surface area contributed by atoms with E-state index in [0.717, 1.165) is 56.1 Å². The van der Waals surface area contributed by atoms with Gasteiger partial charge in [-0.1, -0.05) is 23.9 Å². The summed E-state index contributed by atoms with van der Waals surface area (Å²) in [5.41, 5.74) is 3.52. The monoisotopic (exact) mass is 506 g/mol. The number of hydrogen-bond acceptors (Lipinski definition) is 6. The summed E-state index contributed by atoms with van der Waals surface area (Å²) in [6, 6.07) is 15.4. The van der Waals surface area contributed by atoms with Crippen LogP contribution in [0.2, 0.25) is 0 Å². The third-order valence-corrected chi connectivity index (χ3v) is 8.31. The Kier molecular flexibility index (Phi) is 7.11. The van der Waals surface area contributed by atoms with Gasteiger partial charge in [-0.25, -0.2) is 9.78 Å². The van der Waals surface area contributed by atoms with Gasteiger partial charge >= 0.3 is 5.97 Å². The third-order valence-electron chi connectivity index (χ3n) is 6.08. The van der Waals surface area contributed by atoms with Gasteiger partial charge < -0.3 is 19.6 Å². The first-order valence-corrected chi connectivity index (χ1v) is 13.3. The van der Waals surface area contributed by atoms with Crippen LogP contribution in [0.1, 0.15) is 41.6 Å². The fraction of sp³-hybridized carbons (Fsp3) is 0.259. The molecule has 0 atom stereocenters. The Balaban J connectivity index is 1.49. The number of carbonyl (C=O) groups is 1. The number of imidazole rings is 1. The van der Waals surface area contributed by atoms with E-state index < -0.39 is 5.97 Å². The topological polar surface area (TPSA) is 84.4 Å². The van der Waals surface area contributed by atoms with Crippen LogP contribution in [-0.2, 0) is 5.75 Å². The minimum Gasteiger partial charge on any atom is -0.493 e. The lowest BCUT2D eigenvalue weighted by molar-refractivity contribution is 0.0697. The molecule has 1 aliphatic carbocycles. The van der Waals surface area contributed by atoms with Crippen molar-refractivity contribution in [3.63, 3.8) is 0 Å². The second kappa shape index (κ2) is 10.6. The van der Waals surface area contributed by atoms with Crippen molar-refractivity contribution in [1.82, 2.24) is 9.97 Å². The van der Waals surface area contributed by atoms with E-state index in [9.17, 15) is 9.90 Å².